The molecule has 0 bridgehead atoms. The summed E-state index contributed by atoms with van der Waals surface area (Å²) < 4.78 is 1.44. The van der Waals surface area contributed by atoms with Gasteiger partial charge < -0.3 is 0 Å². The first-order chi connectivity index (χ1) is 3.77. The van der Waals surface area contributed by atoms with Crippen molar-refractivity contribution in [3.63, 3.8) is 0 Å². The normalized spacial score (nSPS) is 8.88. The highest BCUT2D eigenvalue weighted by molar-refractivity contribution is 6.13. The van der Waals surface area contributed by atoms with Crippen LogP contribution in [0.25, 0.3) is 10.4 Å². The summed E-state index contributed by atoms with van der Waals surface area (Å²) in [5.74, 6) is 0. The molecule has 0 heterocycles. The highest BCUT2D eigenvalue weighted by Crippen LogP contribution is 1.85. The molecule has 46 valence electrons. The molecule has 0 fully saturated rings. The Hall–Kier alpha value is -0.440. The molecule has 0 aromatic heterocycles. The minimum absolute atomic E-state index is 0.427. The van der Waals surface area contributed by atoms with E-state index in [4.69, 9.17) is 17.3 Å². The molecule has 5 heteroatoms. The van der Waals surface area contributed by atoms with E-state index in [2.05, 4.69) is 10.0 Å². The minimum atomic E-state index is 0.427. The first-order valence-electron chi connectivity index (χ1n) is 2.15. The van der Waals surface area contributed by atoms with Gasteiger partial charge in [0.05, 0.1) is 0 Å². The Morgan fingerprint density at radius 1 is 1.88 bits per heavy atom. The van der Waals surface area contributed by atoms with Gasteiger partial charge in [0, 0.05) is 25.0 Å². The van der Waals surface area contributed by atoms with E-state index in [1.54, 1.807) is 7.05 Å². The van der Waals surface area contributed by atoms with Gasteiger partial charge in [-0.15, -0.1) is 0 Å². The van der Waals surface area contributed by atoms with Crippen molar-refractivity contribution in [3.05, 3.63) is 10.4 Å². The SMILES string of the molecule is CN(Cl)CCN=[N+]=[N-]. The first kappa shape index (κ1) is 7.56. The Morgan fingerprint density at radius 3 is 2.88 bits per heavy atom. The maximum atomic E-state index is 7.78. The second kappa shape index (κ2) is 4.71. The molecule has 0 unspecified atom stereocenters. The Balaban J connectivity index is 3.05. The van der Waals surface area contributed by atoms with E-state index in [1.165, 1.54) is 4.42 Å². The van der Waals surface area contributed by atoms with Gasteiger partial charge in [-0.2, -0.15) is 0 Å². The summed E-state index contributed by atoms with van der Waals surface area (Å²) in [7, 11) is 1.70. The van der Waals surface area contributed by atoms with Crippen LogP contribution < -0.4 is 0 Å². The minimum Gasteiger partial charge on any atom is -0.223 e. The molecule has 0 rings (SSSR count). The molecular formula is C3H7ClN4. The van der Waals surface area contributed by atoms with Gasteiger partial charge in [0.1, 0.15) is 0 Å². The highest BCUT2D eigenvalue weighted by Gasteiger charge is 1.86. The average Bonchev–Trinajstić information content (AvgIpc) is 1.66. The van der Waals surface area contributed by atoms with Crippen LogP contribution in [-0.4, -0.2) is 24.6 Å². The summed E-state index contributed by atoms with van der Waals surface area (Å²) in [5, 5.41) is 3.27. The number of likely N-dealkylation sites (N-methyl/N-ethyl adjacent to an activating group) is 1. The Morgan fingerprint density at radius 2 is 2.50 bits per heavy atom. The van der Waals surface area contributed by atoms with Crippen molar-refractivity contribution in [2.24, 2.45) is 5.11 Å². The van der Waals surface area contributed by atoms with Crippen molar-refractivity contribution < 1.29 is 0 Å². The van der Waals surface area contributed by atoms with Crippen LogP contribution >= 0.6 is 11.8 Å². The Bertz CT molecular complexity index is 95.5. The number of hydrogen-bond acceptors (Lipinski definition) is 2. The number of azide groups is 1. The van der Waals surface area contributed by atoms with Crippen molar-refractivity contribution >= 4 is 11.8 Å². The lowest BCUT2D eigenvalue weighted by Crippen LogP contribution is -2.08. The van der Waals surface area contributed by atoms with Gasteiger partial charge in [-0.05, 0) is 17.3 Å². The van der Waals surface area contributed by atoms with Crippen molar-refractivity contribution in [1.82, 2.24) is 4.42 Å². The van der Waals surface area contributed by atoms with Crippen molar-refractivity contribution in [3.8, 4) is 0 Å². The second-order valence-electron chi connectivity index (χ2n) is 1.28. The highest BCUT2D eigenvalue weighted by atomic mass is 35.5. The fourth-order valence-corrected chi connectivity index (χ4v) is 0.303. The van der Waals surface area contributed by atoms with Crippen LogP contribution in [0.15, 0.2) is 5.11 Å². The molecule has 0 saturated carbocycles. The summed E-state index contributed by atoms with van der Waals surface area (Å²) in [4.78, 5) is 2.55. The maximum absolute atomic E-state index is 7.78. The smallest absolute Gasteiger partial charge is 0.0398 e. The first-order valence-corrected chi connectivity index (χ1v) is 2.49. The molecule has 0 saturated heterocycles. The van der Waals surface area contributed by atoms with Crippen LogP contribution in [0.2, 0.25) is 0 Å². The standard InChI is InChI=1S/C3H7ClN4/c1-8(4)3-2-6-7-5/h2-3H2,1H3. The fourth-order valence-electron chi connectivity index (χ4n) is 0.227. The summed E-state index contributed by atoms with van der Waals surface area (Å²) in [6.45, 7) is 1.02. The lowest BCUT2D eigenvalue weighted by atomic mass is 10.7. The molecule has 4 nitrogen and oxygen atoms in total. The molecule has 0 aliphatic rings. The molecule has 0 N–H and O–H groups in total. The van der Waals surface area contributed by atoms with Crippen LogP contribution in [0.3, 0.4) is 0 Å². The summed E-state index contributed by atoms with van der Waals surface area (Å²) in [6, 6.07) is 0. The van der Waals surface area contributed by atoms with E-state index < -0.39 is 0 Å². The molecule has 0 aliphatic carbocycles. The quantitative estimate of drug-likeness (QED) is 0.249. The predicted octanol–water partition coefficient (Wildman–Crippen LogP) is 1.38. The van der Waals surface area contributed by atoms with Crippen molar-refractivity contribution in [2.45, 2.75) is 0 Å². The largest absolute Gasteiger partial charge is 0.223 e. The summed E-state index contributed by atoms with van der Waals surface area (Å²) in [5.41, 5.74) is 7.78. The number of halogens is 1. The lowest BCUT2D eigenvalue weighted by molar-refractivity contribution is 0.559. The number of rotatable bonds is 3. The average molecular weight is 135 g/mol. The van der Waals surface area contributed by atoms with E-state index in [0.717, 1.165) is 0 Å². The molecule has 0 aliphatic heterocycles. The number of hydrogen-bond donors (Lipinski definition) is 0. The van der Waals surface area contributed by atoms with Gasteiger partial charge in [0.15, 0.2) is 0 Å². The van der Waals surface area contributed by atoms with Gasteiger partial charge in [-0.1, -0.05) is 5.11 Å². The monoisotopic (exact) mass is 134 g/mol. The molecule has 0 aromatic carbocycles. The van der Waals surface area contributed by atoms with Crippen LogP contribution in [0.1, 0.15) is 0 Å². The Kier molecular flexibility index (Phi) is 4.45. The van der Waals surface area contributed by atoms with E-state index in [1.807, 2.05) is 0 Å². The fraction of sp³-hybridized carbons (Fsp3) is 1.00. The zero-order valence-electron chi connectivity index (χ0n) is 4.58. The zero-order valence-corrected chi connectivity index (χ0v) is 5.34. The molecular weight excluding hydrogens is 128 g/mol. The molecule has 0 atom stereocenters. The molecule has 0 spiro atoms. The van der Waals surface area contributed by atoms with Gasteiger partial charge in [0.25, 0.3) is 0 Å². The topological polar surface area (TPSA) is 52.0 Å². The van der Waals surface area contributed by atoms with Crippen molar-refractivity contribution in [2.75, 3.05) is 20.1 Å². The molecule has 8 heavy (non-hydrogen) atoms. The van der Waals surface area contributed by atoms with E-state index in [9.17, 15) is 0 Å². The summed E-state index contributed by atoms with van der Waals surface area (Å²) >= 11 is 5.36. The third-order valence-electron chi connectivity index (χ3n) is 0.571. The van der Waals surface area contributed by atoms with Gasteiger partial charge >= 0.3 is 0 Å². The number of nitrogens with zero attached hydrogens (tertiary/aromatic N) is 4. The second-order valence-corrected chi connectivity index (χ2v) is 1.86. The summed E-state index contributed by atoms with van der Waals surface area (Å²) in [6.07, 6.45) is 0. The molecule has 0 radical (unpaired) electrons. The van der Waals surface area contributed by atoms with Crippen LogP contribution in [0.4, 0.5) is 0 Å². The third-order valence-corrected chi connectivity index (χ3v) is 0.740. The predicted molar refractivity (Wildman–Crippen MR) is 32.5 cm³/mol. The Labute approximate surface area is 52.8 Å². The van der Waals surface area contributed by atoms with Crippen molar-refractivity contribution in [1.29, 1.82) is 0 Å². The van der Waals surface area contributed by atoms with E-state index >= 15 is 0 Å². The van der Waals surface area contributed by atoms with Gasteiger partial charge in [-0.3, -0.25) is 0 Å². The maximum Gasteiger partial charge on any atom is 0.0398 e. The molecule has 0 amide bonds. The van der Waals surface area contributed by atoms with E-state index in [-0.39, 0.29) is 0 Å². The van der Waals surface area contributed by atoms with Crippen LogP contribution in [0, 0.1) is 0 Å². The zero-order chi connectivity index (χ0) is 6.41. The van der Waals surface area contributed by atoms with Crippen LogP contribution in [-0.2, 0) is 0 Å². The molecule has 0 aromatic rings. The van der Waals surface area contributed by atoms with E-state index in [0.29, 0.717) is 13.1 Å². The third kappa shape index (κ3) is 5.56. The van der Waals surface area contributed by atoms with Gasteiger partial charge in [-0.25, -0.2) is 4.42 Å². The van der Waals surface area contributed by atoms with Crippen LogP contribution in [0.5, 0.6) is 0 Å². The van der Waals surface area contributed by atoms with Gasteiger partial charge in [0.2, 0.25) is 0 Å². The lowest BCUT2D eigenvalue weighted by Gasteiger charge is -1.99.